The van der Waals surface area contributed by atoms with Crippen LogP contribution < -0.4 is 0 Å². The molecule has 8 heteroatoms. The minimum Gasteiger partial charge on any atom is -0.481 e. The summed E-state index contributed by atoms with van der Waals surface area (Å²) >= 11 is 0. The molecule has 0 aliphatic heterocycles. The first kappa shape index (κ1) is 28.6. The molecule has 4 aliphatic rings. The van der Waals surface area contributed by atoms with Crippen LogP contribution in [0.3, 0.4) is 0 Å². The molecule has 2 saturated carbocycles. The predicted molar refractivity (Wildman–Crippen MR) is 138 cm³/mol. The first-order chi connectivity index (χ1) is 17.4. The molecular formula is C30H40O8. The van der Waals surface area contributed by atoms with Crippen molar-refractivity contribution in [2.24, 2.45) is 39.4 Å². The van der Waals surface area contributed by atoms with Gasteiger partial charge in [-0.05, 0) is 50.2 Å². The van der Waals surface area contributed by atoms with Gasteiger partial charge >= 0.3 is 5.97 Å². The van der Waals surface area contributed by atoms with E-state index in [4.69, 9.17) is 5.11 Å². The highest BCUT2D eigenvalue weighted by Gasteiger charge is 2.73. The van der Waals surface area contributed by atoms with Crippen LogP contribution in [-0.4, -0.2) is 56.6 Å². The smallest absolute Gasteiger partial charge is 0.306 e. The second-order valence-electron chi connectivity index (χ2n) is 13.3. The fourth-order valence-corrected chi connectivity index (χ4v) is 8.53. The minimum atomic E-state index is -1.55. The number of rotatable bonds is 5. The number of hydrogen-bond donors (Lipinski definition) is 3. The molecule has 8 nitrogen and oxygen atoms in total. The highest BCUT2D eigenvalue weighted by Crippen LogP contribution is 2.70. The third-order valence-electron chi connectivity index (χ3n) is 11.1. The van der Waals surface area contributed by atoms with Crippen LogP contribution in [-0.2, 0) is 24.0 Å². The summed E-state index contributed by atoms with van der Waals surface area (Å²) in [6, 6.07) is 0. The Morgan fingerprint density at radius 1 is 1.05 bits per heavy atom. The van der Waals surface area contributed by atoms with E-state index in [-0.39, 0.29) is 43.2 Å². The average Bonchev–Trinajstić information content (AvgIpc) is 3.03. The normalized spacial score (nSPS) is 41.4. The van der Waals surface area contributed by atoms with Crippen LogP contribution in [0, 0.1) is 39.4 Å². The third-order valence-corrected chi connectivity index (χ3v) is 11.1. The molecule has 2 fully saturated rings. The number of ketones is 4. The van der Waals surface area contributed by atoms with Crippen molar-refractivity contribution in [2.45, 2.75) is 92.8 Å². The van der Waals surface area contributed by atoms with Crippen molar-refractivity contribution < 1.29 is 39.3 Å². The molecule has 8 atom stereocenters. The van der Waals surface area contributed by atoms with E-state index < -0.39 is 63.2 Å². The van der Waals surface area contributed by atoms with E-state index in [2.05, 4.69) is 0 Å². The van der Waals surface area contributed by atoms with Crippen LogP contribution in [0.4, 0.5) is 0 Å². The quantitative estimate of drug-likeness (QED) is 0.461. The average molecular weight is 529 g/mol. The Morgan fingerprint density at radius 2 is 1.66 bits per heavy atom. The molecule has 0 aromatic carbocycles. The molecule has 0 aromatic rings. The summed E-state index contributed by atoms with van der Waals surface area (Å²) in [7, 11) is 0. The molecule has 0 heterocycles. The van der Waals surface area contributed by atoms with Gasteiger partial charge in [-0.3, -0.25) is 24.0 Å². The maximum Gasteiger partial charge on any atom is 0.306 e. The van der Waals surface area contributed by atoms with Crippen LogP contribution in [0.5, 0.6) is 0 Å². The third kappa shape index (κ3) is 3.52. The second-order valence-corrected chi connectivity index (χ2v) is 13.3. The molecule has 38 heavy (non-hydrogen) atoms. The first-order valence-corrected chi connectivity index (χ1v) is 13.5. The summed E-state index contributed by atoms with van der Waals surface area (Å²) in [6.45, 7) is 12.1. The minimum absolute atomic E-state index is 0.0188. The highest BCUT2D eigenvalue weighted by molar-refractivity contribution is 6.08. The number of Topliss-reactive ketones (excluding diaryl/α,β-unsaturated/α-hetero) is 3. The van der Waals surface area contributed by atoms with Crippen molar-refractivity contribution in [3.63, 3.8) is 0 Å². The zero-order valence-electron chi connectivity index (χ0n) is 23.4. The van der Waals surface area contributed by atoms with Gasteiger partial charge < -0.3 is 15.3 Å². The highest BCUT2D eigenvalue weighted by atomic mass is 16.4. The van der Waals surface area contributed by atoms with E-state index in [1.807, 2.05) is 20.8 Å². The molecular weight excluding hydrogens is 488 g/mol. The number of carboxylic acid groups (broad SMARTS) is 1. The van der Waals surface area contributed by atoms with Crippen LogP contribution in [0.25, 0.3) is 0 Å². The first-order valence-electron chi connectivity index (χ1n) is 13.5. The maximum atomic E-state index is 14.1. The molecule has 0 amide bonds. The predicted octanol–water partition coefficient (Wildman–Crippen LogP) is 3.23. The van der Waals surface area contributed by atoms with Crippen molar-refractivity contribution in [3.05, 3.63) is 22.8 Å². The van der Waals surface area contributed by atoms with Gasteiger partial charge in [-0.1, -0.05) is 40.2 Å². The molecule has 0 radical (unpaired) electrons. The van der Waals surface area contributed by atoms with Crippen LogP contribution >= 0.6 is 0 Å². The number of aliphatic hydroxyl groups excluding tert-OH is 2. The fraction of sp³-hybridized carbons (Fsp3) is 0.700. The summed E-state index contributed by atoms with van der Waals surface area (Å²) in [5.74, 6) is -3.99. The number of carbonyl (C=O) groups excluding carboxylic acids is 4. The molecule has 1 unspecified atom stereocenters. The van der Waals surface area contributed by atoms with Gasteiger partial charge in [0, 0.05) is 41.1 Å². The van der Waals surface area contributed by atoms with Crippen molar-refractivity contribution in [1.82, 2.24) is 0 Å². The van der Waals surface area contributed by atoms with Crippen molar-refractivity contribution in [1.29, 1.82) is 0 Å². The molecule has 0 spiro atoms. The van der Waals surface area contributed by atoms with Gasteiger partial charge in [0.05, 0.1) is 17.4 Å². The Morgan fingerprint density at radius 3 is 2.24 bits per heavy atom. The van der Waals surface area contributed by atoms with Crippen molar-refractivity contribution >= 4 is 29.1 Å². The van der Waals surface area contributed by atoms with E-state index in [0.29, 0.717) is 23.1 Å². The zero-order chi connectivity index (χ0) is 28.7. The van der Waals surface area contributed by atoms with Crippen molar-refractivity contribution in [3.8, 4) is 0 Å². The molecule has 208 valence electrons. The summed E-state index contributed by atoms with van der Waals surface area (Å²) in [5.41, 5.74) is -3.05. The standard InChI is InChI=1S/C30H40O8/c1-14(10-16(31)11-15(2)26(37)38)17-12-21(34)30(7)22-18(32)13-19-27(3,4)20(33)8-9-28(19,5)23(22)24(35)25(36)29(17,30)6/h10,15,17-19,25,32,36H,8-9,11-13H2,1-7H3,(H,37,38)/b14-10-/t15-,17-,18+,19?,25-,28+,29+,30+/m1/s1. The van der Waals surface area contributed by atoms with Crippen LogP contribution in [0.1, 0.15) is 80.6 Å². The van der Waals surface area contributed by atoms with E-state index in [9.17, 15) is 34.2 Å². The number of carbonyl (C=O) groups is 5. The van der Waals surface area contributed by atoms with Crippen LogP contribution in [0.2, 0.25) is 0 Å². The summed E-state index contributed by atoms with van der Waals surface area (Å²) in [5, 5.41) is 32.4. The Balaban J connectivity index is 1.86. The Kier molecular flexibility index (Phi) is 6.60. The zero-order valence-corrected chi connectivity index (χ0v) is 23.4. The fourth-order valence-electron chi connectivity index (χ4n) is 8.53. The Bertz CT molecular complexity index is 1210. The number of carboxylic acids is 1. The van der Waals surface area contributed by atoms with Gasteiger partial charge in [-0.15, -0.1) is 0 Å². The second kappa shape index (κ2) is 8.78. The molecule has 4 aliphatic carbocycles. The lowest BCUT2D eigenvalue weighted by Gasteiger charge is -2.61. The summed E-state index contributed by atoms with van der Waals surface area (Å²) < 4.78 is 0. The monoisotopic (exact) mass is 528 g/mol. The van der Waals surface area contributed by atoms with Gasteiger partial charge in [-0.25, -0.2) is 0 Å². The van der Waals surface area contributed by atoms with E-state index in [1.165, 1.54) is 13.0 Å². The largest absolute Gasteiger partial charge is 0.481 e. The van der Waals surface area contributed by atoms with Gasteiger partial charge in [0.15, 0.2) is 11.6 Å². The number of fused-ring (bicyclic) bond motifs is 4. The topological polar surface area (TPSA) is 146 Å². The maximum absolute atomic E-state index is 14.1. The van der Waals surface area contributed by atoms with Gasteiger partial charge in [-0.2, -0.15) is 0 Å². The number of aliphatic carboxylic acids is 1. The molecule has 0 bridgehead atoms. The molecule has 0 saturated heterocycles. The lowest BCUT2D eigenvalue weighted by Crippen LogP contribution is -2.64. The number of aliphatic hydroxyl groups is 2. The Labute approximate surface area is 223 Å². The molecule has 3 N–H and O–H groups in total. The summed E-state index contributed by atoms with van der Waals surface area (Å²) in [6.07, 6.45) is -0.647. The molecule has 0 aromatic heterocycles. The van der Waals surface area contributed by atoms with Crippen molar-refractivity contribution in [2.75, 3.05) is 0 Å². The van der Waals surface area contributed by atoms with E-state index in [0.717, 1.165) is 0 Å². The number of hydrogen-bond acceptors (Lipinski definition) is 7. The summed E-state index contributed by atoms with van der Waals surface area (Å²) in [4.78, 5) is 64.6. The lowest BCUT2D eigenvalue weighted by atomic mass is 9.42. The van der Waals surface area contributed by atoms with E-state index >= 15 is 0 Å². The van der Waals surface area contributed by atoms with Gasteiger partial charge in [0.1, 0.15) is 17.7 Å². The lowest BCUT2D eigenvalue weighted by molar-refractivity contribution is -0.156. The SMILES string of the molecule is C/C(=C/C(=O)C[C@@H](C)C(=O)O)[C@H]1CC(=O)[C@@]2(C)C3=C(C(=O)[C@@H](O)[C@]12C)[C@@]1(C)CCC(=O)C(C)(C)C1C[C@@H]3O. The van der Waals surface area contributed by atoms with Gasteiger partial charge in [0.25, 0.3) is 0 Å². The Hall–Kier alpha value is -2.45. The van der Waals surface area contributed by atoms with E-state index in [1.54, 1.807) is 20.8 Å². The van der Waals surface area contributed by atoms with Crippen LogP contribution in [0.15, 0.2) is 22.8 Å². The molecule has 4 rings (SSSR count). The van der Waals surface area contributed by atoms with Gasteiger partial charge in [0.2, 0.25) is 0 Å². The number of allylic oxidation sites excluding steroid dienone is 2.